The third kappa shape index (κ3) is 1.82. The van der Waals surface area contributed by atoms with E-state index in [4.69, 9.17) is 4.42 Å². The van der Waals surface area contributed by atoms with Crippen LogP contribution in [0, 0.1) is 0 Å². The Labute approximate surface area is 93.8 Å². The van der Waals surface area contributed by atoms with E-state index in [1.54, 1.807) is 0 Å². The minimum absolute atomic E-state index is 0.00264. The molecule has 5 heteroatoms. The van der Waals surface area contributed by atoms with Gasteiger partial charge in [0, 0.05) is 32.1 Å². The molecule has 0 aromatic carbocycles. The van der Waals surface area contributed by atoms with Gasteiger partial charge in [0.1, 0.15) is 6.26 Å². The lowest BCUT2D eigenvalue weighted by Crippen LogP contribution is -2.46. The summed E-state index contributed by atoms with van der Waals surface area (Å²) in [6.45, 7) is 3.23. The monoisotopic (exact) mass is 221 g/mol. The summed E-state index contributed by atoms with van der Waals surface area (Å²) in [4.78, 5) is 18.1. The molecule has 0 bridgehead atoms. The molecule has 1 saturated carbocycles. The number of carbonyl (C=O) groups excluding carboxylic acids is 1. The topological polar surface area (TPSA) is 58.4 Å². The smallest absolute Gasteiger partial charge is 0.275 e. The van der Waals surface area contributed by atoms with Gasteiger partial charge in [-0.3, -0.25) is 4.79 Å². The van der Waals surface area contributed by atoms with E-state index in [9.17, 15) is 4.79 Å². The highest BCUT2D eigenvalue weighted by Crippen LogP contribution is 2.39. The van der Waals surface area contributed by atoms with Crippen molar-refractivity contribution < 1.29 is 9.21 Å². The molecule has 1 aliphatic heterocycles. The van der Waals surface area contributed by atoms with Crippen LogP contribution in [-0.4, -0.2) is 42.0 Å². The number of oxazole rings is 1. The van der Waals surface area contributed by atoms with Crippen molar-refractivity contribution in [2.75, 3.05) is 26.2 Å². The number of rotatable bonds is 2. The maximum atomic E-state index is 12.0. The molecule has 1 saturated heterocycles. The molecule has 1 amide bonds. The highest BCUT2D eigenvalue weighted by Gasteiger charge is 2.30. The molecule has 1 aromatic heterocycles. The second-order valence-electron chi connectivity index (χ2n) is 4.39. The van der Waals surface area contributed by atoms with Crippen LogP contribution >= 0.6 is 0 Å². The summed E-state index contributed by atoms with van der Waals surface area (Å²) >= 11 is 0. The molecular formula is C11H15N3O2. The standard InChI is InChI=1S/C11H15N3O2/c15-11(14-5-3-12-4-6-14)9-7-16-10(13-9)8-1-2-8/h7-8,12H,1-6H2. The van der Waals surface area contributed by atoms with E-state index < -0.39 is 0 Å². The largest absolute Gasteiger partial charge is 0.448 e. The molecule has 2 aliphatic rings. The van der Waals surface area contributed by atoms with Gasteiger partial charge in [-0.1, -0.05) is 0 Å². The fraction of sp³-hybridized carbons (Fsp3) is 0.636. The normalized spacial score (nSPS) is 21.1. The highest BCUT2D eigenvalue weighted by molar-refractivity contribution is 5.92. The first kappa shape index (κ1) is 9.84. The molecule has 2 heterocycles. The maximum absolute atomic E-state index is 12.0. The van der Waals surface area contributed by atoms with Gasteiger partial charge in [-0.15, -0.1) is 0 Å². The average Bonchev–Trinajstić information content (AvgIpc) is 3.08. The van der Waals surface area contributed by atoms with Gasteiger partial charge < -0.3 is 14.6 Å². The summed E-state index contributed by atoms with van der Waals surface area (Å²) < 4.78 is 5.33. The maximum Gasteiger partial charge on any atom is 0.275 e. The second kappa shape index (κ2) is 3.90. The predicted molar refractivity (Wildman–Crippen MR) is 57.3 cm³/mol. The van der Waals surface area contributed by atoms with E-state index in [1.165, 1.54) is 6.26 Å². The van der Waals surface area contributed by atoms with Crippen molar-refractivity contribution in [1.82, 2.24) is 15.2 Å². The zero-order valence-corrected chi connectivity index (χ0v) is 9.11. The summed E-state index contributed by atoms with van der Waals surface area (Å²) in [5.41, 5.74) is 0.462. The molecule has 0 atom stereocenters. The lowest BCUT2D eigenvalue weighted by molar-refractivity contribution is 0.0730. The van der Waals surface area contributed by atoms with Crippen LogP contribution in [0.2, 0.25) is 0 Å². The van der Waals surface area contributed by atoms with Crippen LogP contribution in [0.15, 0.2) is 10.7 Å². The van der Waals surface area contributed by atoms with Crippen molar-refractivity contribution in [2.24, 2.45) is 0 Å². The third-order valence-electron chi connectivity index (χ3n) is 3.07. The molecule has 1 aliphatic carbocycles. The van der Waals surface area contributed by atoms with Crippen LogP contribution in [0.4, 0.5) is 0 Å². The number of nitrogens with one attached hydrogen (secondary N) is 1. The summed E-state index contributed by atoms with van der Waals surface area (Å²) in [7, 11) is 0. The van der Waals surface area contributed by atoms with Crippen LogP contribution in [0.5, 0.6) is 0 Å². The molecule has 3 rings (SSSR count). The van der Waals surface area contributed by atoms with E-state index in [-0.39, 0.29) is 5.91 Å². The molecule has 16 heavy (non-hydrogen) atoms. The predicted octanol–water partition coefficient (Wildman–Crippen LogP) is 0.597. The van der Waals surface area contributed by atoms with E-state index in [0.717, 1.165) is 44.9 Å². The van der Waals surface area contributed by atoms with Crippen molar-refractivity contribution in [2.45, 2.75) is 18.8 Å². The van der Waals surface area contributed by atoms with E-state index in [1.807, 2.05) is 4.90 Å². The summed E-state index contributed by atoms with van der Waals surface area (Å²) in [6.07, 6.45) is 3.78. The van der Waals surface area contributed by atoms with Crippen LogP contribution in [-0.2, 0) is 0 Å². The molecule has 0 spiro atoms. The van der Waals surface area contributed by atoms with Gasteiger partial charge in [0.15, 0.2) is 11.6 Å². The van der Waals surface area contributed by atoms with Gasteiger partial charge in [-0.2, -0.15) is 0 Å². The number of amides is 1. The number of hydrogen-bond donors (Lipinski definition) is 1. The van der Waals surface area contributed by atoms with Crippen molar-refractivity contribution >= 4 is 5.91 Å². The Bertz CT molecular complexity index is 392. The van der Waals surface area contributed by atoms with Crippen molar-refractivity contribution in [1.29, 1.82) is 0 Å². The molecule has 0 radical (unpaired) electrons. The van der Waals surface area contributed by atoms with Crippen LogP contribution < -0.4 is 5.32 Å². The van der Waals surface area contributed by atoms with E-state index in [0.29, 0.717) is 11.6 Å². The van der Waals surface area contributed by atoms with E-state index >= 15 is 0 Å². The molecule has 2 fully saturated rings. The minimum Gasteiger partial charge on any atom is -0.448 e. The highest BCUT2D eigenvalue weighted by atomic mass is 16.3. The number of hydrogen-bond acceptors (Lipinski definition) is 4. The Morgan fingerprint density at radius 2 is 2.19 bits per heavy atom. The quantitative estimate of drug-likeness (QED) is 0.794. The van der Waals surface area contributed by atoms with Gasteiger partial charge in [0.2, 0.25) is 0 Å². The summed E-state index contributed by atoms with van der Waals surface area (Å²) in [6, 6.07) is 0. The number of piperazine rings is 1. The second-order valence-corrected chi connectivity index (χ2v) is 4.39. The van der Waals surface area contributed by atoms with Gasteiger partial charge >= 0.3 is 0 Å². The number of carbonyl (C=O) groups is 1. The zero-order chi connectivity index (χ0) is 11.0. The van der Waals surface area contributed by atoms with E-state index in [2.05, 4.69) is 10.3 Å². The molecule has 1 aromatic rings. The summed E-state index contributed by atoms with van der Waals surface area (Å²) in [5, 5.41) is 3.22. The van der Waals surface area contributed by atoms with Gasteiger partial charge in [-0.25, -0.2) is 4.98 Å². The SMILES string of the molecule is O=C(c1coc(C2CC2)n1)N1CCNCC1. The Balaban J connectivity index is 1.71. The molecule has 1 N–H and O–H groups in total. The fourth-order valence-corrected chi connectivity index (χ4v) is 1.93. The van der Waals surface area contributed by atoms with Gasteiger partial charge in [-0.05, 0) is 12.8 Å². The lowest BCUT2D eigenvalue weighted by atomic mass is 10.3. The Morgan fingerprint density at radius 3 is 2.88 bits per heavy atom. The van der Waals surface area contributed by atoms with Crippen molar-refractivity contribution in [3.63, 3.8) is 0 Å². The first-order valence-corrected chi connectivity index (χ1v) is 5.80. The first-order chi connectivity index (χ1) is 7.84. The fourth-order valence-electron chi connectivity index (χ4n) is 1.93. The molecule has 5 nitrogen and oxygen atoms in total. The molecular weight excluding hydrogens is 206 g/mol. The van der Waals surface area contributed by atoms with Crippen molar-refractivity contribution in [3.05, 3.63) is 17.8 Å². The lowest BCUT2D eigenvalue weighted by Gasteiger charge is -2.26. The van der Waals surface area contributed by atoms with Gasteiger partial charge in [0.25, 0.3) is 5.91 Å². The summed E-state index contributed by atoms with van der Waals surface area (Å²) in [5.74, 6) is 1.19. The molecule has 86 valence electrons. The Morgan fingerprint density at radius 1 is 1.44 bits per heavy atom. The van der Waals surface area contributed by atoms with Crippen LogP contribution in [0.25, 0.3) is 0 Å². The van der Waals surface area contributed by atoms with Gasteiger partial charge in [0.05, 0.1) is 0 Å². The number of nitrogens with zero attached hydrogens (tertiary/aromatic N) is 2. The first-order valence-electron chi connectivity index (χ1n) is 5.80. The van der Waals surface area contributed by atoms with Crippen LogP contribution in [0.1, 0.15) is 35.1 Å². The third-order valence-corrected chi connectivity index (χ3v) is 3.07. The van der Waals surface area contributed by atoms with Crippen LogP contribution in [0.3, 0.4) is 0 Å². The average molecular weight is 221 g/mol. The van der Waals surface area contributed by atoms with Crippen molar-refractivity contribution in [3.8, 4) is 0 Å². The number of aromatic nitrogens is 1. The zero-order valence-electron chi connectivity index (χ0n) is 9.11. The minimum atomic E-state index is -0.00264. The Hall–Kier alpha value is -1.36. The molecule has 0 unspecified atom stereocenters. The Kier molecular flexibility index (Phi) is 2.40.